The van der Waals surface area contributed by atoms with Crippen molar-refractivity contribution in [2.45, 2.75) is 25.7 Å². The number of benzene rings is 2. The van der Waals surface area contributed by atoms with Gasteiger partial charge in [0.15, 0.2) is 0 Å². The summed E-state index contributed by atoms with van der Waals surface area (Å²) in [6, 6.07) is 13.1. The number of hydrogen-bond acceptors (Lipinski definition) is 8. The van der Waals surface area contributed by atoms with E-state index in [1.54, 1.807) is 18.2 Å². The van der Waals surface area contributed by atoms with E-state index in [0.29, 0.717) is 24.3 Å². The van der Waals surface area contributed by atoms with Gasteiger partial charge in [-0.05, 0) is 48.9 Å². The molecule has 0 aliphatic heterocycles. The minimum absolute atomic E-state index is 0. The second kappa shape index (κ2) is 17.8. The predicted molar refractivity (Wildman–Crippen MR) is 130 cm³/mol. The SMILES string of the molecule is C=Cc1ccc(/C=C/c2ccc(OCCCCS(=O)(=O)[O-])cc2OCCCCS(=O)(=O)[O-])cc1.[Na+].[Na+]. The number of unbranched alkanes of at least 4 members (excludes halogenated alkanes) is 2. The molecule has 0 saturated carbocycles. The van der Waals surface area contributed by atoms with E-state index >= 15 is 0 Å². The molecular formula is C24H28Na2O8S2. The maximum Gasteiger partial charge on any atom is 1.00 e. The first-order valence-electron chi connectivity index (χ1n) is 10.7. The summed E-state index contributed by atoms with van der Waals surface area (Å²) in [5, 5.41) is 0. The van der Waals surface area contributed by atoms with Crippen molar-refractivity contribution in [2.24, 2.45) is 0 Å². The molecule has 0 atom stereocenters. The zero-order valence-electron chi connectivity index (χ0n) is 20.7. The van der Waals surface area contributed by atoms with Gasteiger partial charge in [0, 0.05) is 23.1 Å². The summed E-state index contributed by atoms with van der Waals surface area (Å²) in [6.07, 6.45) is 6.77. The molecule has 0 heterocycles. The Morgan fingerprint density at radius 1 is 0.722 bits per heavy atom. The van der Waals surface area contributed by atoms with Crippen molar-refractivity contribution in [3.05, 3.63) is 65.7 Å². The van der Waals surface area contributed by atoms with E-state index in [4.69, 9.17) is 9.47 Å². The topological polar surface area (TPSA) is 133 Å². The van der Waals surface area contributed by atoms with Crippen LogP contribution in [-0.2, 0) is 20.2 Å². The van der Waals surface area contributed by atoms with Gasteiger partial charge in [0.25, 0.3) is 0 Å². The normalized spacial score (nSPS) is 11.4. The number of ether oxygens (including phenoxy) is 2. The van der Waals surface area contributed by atoms with Gasteiger partial charge in [-0.2, -0.15) is 0 Å². The van der Waals surface area contributed by atoms with E-state index in [-0.39, 0.29) is 85.2 Å². The van der Waals surface area contributed by atoms with Gasteiger partial charge in [-0.1, -0.05) is 49.1 Å². The summed E-state index contributed by atoms with van der Waals surface area (Å²) < 4.78 is 75.7. The second-order valence-electron chi connectivity index (χ2n) is 7.54. The summed E-state index contributed by atoms with van der Waals surface area (Å²) >= 11 is 0. The molecule has 0 fully saturated rings. The third-order valence-corrected chi connectivity index (χ3v) is 6.29. The van der Waals surface area contributed by atoms with Crippen LogP contribution in [0, 0.1) is 0 Å². The summed E-state index contributed by atoms with van der Waals surface area (Å²) in [6.45, 7) is 4.19. The first-order valence-corrected chi connectivity index (χ1v) is 13.9. The Morgan fingerprint density at radius 3 is 1.78 bits per heavy atom. The van der Waals surface area contributed by atoms with Crippen LogP contribution in [-0.4, -0.2) is 50.7 Å². The van der Waals surface area contributed by atoms with Crippen LogP contribution in [0.15, 0.2) is 49.0 Å². The molecule has 0 radical (unpaired) electrons. The third-order valence-electron chi connectivity index (χ3n) is 4.72. The summed E-state index contributed by atoms with van der Waals surface area (Å²) in [5.74, 6) is 0.158. The summed E-state index contributed by atoms with van der Waals surface area (Å²) in [5.41, 5.74) is 2.76. The molecular weight excluding hydrogens is 526 g/mol. The van der Waals surface area contributed by atoms with Crippen LogP contribution in [0.2, 0.25) is 0 Å². The van der Waals surface area contributed by atoms with E-state index < -0.39 is 31.7 Å². The minimum Gasteiger partial charge on any atom is -0.748 e. The standard InChI is InChI=1S/C24H30O8S2.2Na/c1-2-20-7-9-21(10-8-20)11-12-22-13-14-23(31-15-3-5-17-33(25,26)27)19-24(22)32-16-4-6-18-34(28,29)30;;/h2,7-14,19H,1,3-6,15-18H2,(H,25,26,27)(H,28,29,30);;/q;2*+1/p-2/b12-11+;;. The van der Waals surface area contributed by atoms with E-state index in [2.05, 4.69) is 6.58 Å². The second-order valence-corrected chi connectivity index (χ2v) is 10.6. The first-order chi connectivity index (χ1) is 16.1. The molecule has 0 bridgehead atoms. The average molecular weight is 555 g/mol. The van der Waals surface area contributed by atoms with E-state index in [1.807, 2.05) is 42.5 Å². The maximum atomic E-state index is 10.7. The van der Waals surface area contributed by atoms with Crippen molar-refractivity contribution in [3.8, 4) is 11.5 Å². The zero-order chi connectivity index (χ0) is 25.0. The van der Waals surface area contributed by atoms with Gasteiger partial charge >= 0.3 is 59.1 Å². The fraction of sp³-hybridized carbons (Fsp3) is 0.333. The van der Waals surface area contributed by atoms with E-state index in [1.165, 1.54) is 0 Å². The molecule has 0 spiro atoms. The Balaban J connectivity index is 0.00000612. The Hall–Kier alpha value is -0.660. The summed E-state index contributed by atoms with van der Waals surface area (Å²) in [7, 11) is -8.49. The third kappa shape index (κ3) is 15.6. The predicted octanol–water partition coefficient (Wildman–Crippen LogP) is -2.08. The fourth-order valence-corrected chi connectivity index (χ4v) is 4.05. The Bertz CT molecular complexity index is 1180. The van der Waals surface area contributed by atoms with Crippen molar-refractivity contribution in [1.29, 1.82) is 0 Å². The molecule has 0 aliphatic rings. The van der Waals surface area contributed by atoms with Gasteiger partial charge in [-0.3, -0.25) is 0 Å². The van der Waals surface area contributed by atoms with Gasteiger partial charge in [-0.15, -0.1) is 0 Å². The molecule has 2 aromatic carbocycles. The van der Waals surface area contributed by atoms with Gasteiger partial charge in [0.1, 0.15) is 11.5 Å². The van der Waals surface area contributed by atoms with Crippen molar-refractivity contribution in [3.63, 3.8) is 0 Å². The molecule has 8 nitrogen and oxygen atoms in total. The Labute approximate surface area is 258 Å². The molecule has 12 heteroatoms. The van der Waals surface area contributed by atoms with Crippen LogP contribution >= 0.6 is 0 Å². The van der Waals surface area contributed by atoms with Crippen LogP contribution in [0.5, 0.6) is 11.5 Å². The van der Waals surface area contributed by atoms with Crippen molar-refractivity contribution in [2.75, 3.05) is 24.7 Å². The zero-order valence-corrected chi connectivity index (χ0v) is 26.4. The molecule has 2 rings (SSSR count). The van der Waals surface area contributed by atoms with Gasteiger partial charge in [0.2, 0.25) is 0 Å². The van der Waals surface area contributed by atoms with Crippen LogP contribution < -0.4 is 68.6 Å². The fourth-order valence-electron chi connectivity index (χ4n) is 2.93. The number of hydrogen-bond donors (Lipinski definition) is 0. The monoisotopic (exact) mass is 554 g/mol. The molecule has 0 N–H and O–H groups in total. The van der Waals surface area contributed by atoms with Crippen LogP contribution in [0.1, 0.15) is 42.4 Å². The Kier molecular flexibility index (Phi) is 17.4. The van der Waals surface area contributed by atoms with E-state index in [9.17, 15) is 25.9 Å². The molecule has 0 unspecified atom stereocenters. The smallest absolute Gasteiger partial charge is 0.748 e. The quantitative estimate of drug-likeness (QED) is 0.106. The van der Waals surface area contributed by atoms with Crippen molar-refractivity contribution in [1.82, 2.24) is 0 Å². The maximum absolute atomic E-state index is 10.7. The molecule has 0 saturated heterocycles. The van der Waals surface area contributed by atoms with Crippen molar-refractivity contribution >= 4 is 38.5 Å². The minimum atomic E-state index is -4.25. The van der Waals surface area contributed by atoms with Gasteiger partial charge < -0.3 is 18.6 Å². The van der Waals surface area contributed by atoms with Crippen molar-refractivity contribution < 1.29 is 94.5 Å². The van der Waals surface area contributed by atoms with Crippen LogP contribution in [0.3, 0.4) is 0 Å². The molecule has 0 aliphatic carbocycles. The van der Waals surface area contributed by atoms with Gasteiger partial charge in [-0.25, -0.2) is 16.8 Å². The molecule has 2 aromatic rings. The summed E-state index contributed by atoms with van der Waals surface area (Å²) in [4.78, 5) is 0. The molecule has 0 aromatic heterocycles. The van der Waals surface area contributed by atoms with Gasteiger partial charge in [0.05, 0.1) is 33.5 Å². The molecule has 186 valence electrons. The van der Waals surface area contributed by atoms with E-state index in [0.717, 1.165) is 16.7 Å². The first kappa shape index (κ1) is 35.3. The van der Waals surface area contributed by atoms with Crippen LogP contribution in [0.4, 0.5) is 0 Å². The Morgan fingerprint density at radius 2 is 1.25 bits per heavy atom. The largest absolute Gasteiger partial charge is 1.00 e. The molecule has 0 amide bonds. The number of rotatable bonds is 15. The van der Waals surface area contributed by atoms with Crippen LogP contribution in [0.25, 0.3) is 18.2 Å². The molecule has 36 heavy (non-hydrogen) atoms. The average Bonchev–Trinajstić information content (AvgIpc) is 2.77.